The van der Waals surface area contributed by atoms with Crippen LogP contribution in [0.5, 0.6) is 11.5 Å². The second-order valence-corrected chi connectivity index (χ2v) is 9.57. The molecule has 1 aliphatic heterocycles. The zero-order valence-electron chi connectivity index (χ0n) is 22.5. The van der Waals surface area contributed by atoms with Crippen molar-refractivity contribution in [3.8, 4) is 11.5 Å². The van der Waals surface area contributed by atoms with E-state index >= 15 is 4.39 Å². The summed E-state index contributed by atoms with van der Waals surface area (Å²) in [6.07, 6.45) is 8.31. The van der Waals surface area contributed by atoms with Crippen LogP contribution >= 0.6 is 0 Å². The predicted octanol–water partition coefficient (Wildman–Crippen LogP) is 4.06. The van der Waals surface area contributed by atoms with E-state index in [9.17, 15) is 4.79 Å². The number of nitrogens with one attached hydrogen (secondary N) is 1. The highest BCUT2D eigenvalue weighted by Crippen LogP contribution is 2.33. The molecule has 0 unspecified atom stereocenters. The van der Waals surface area contributed by atoms with Crippen LogP contribution < -0.4 is 15.0 Å². The Kier molecular flexibility index (Phi) is 6.83. The molecule has 208 valence electrons. The molecule has 0 saturated carbocycles. The Morgan fingerprint density at radius 2 is 2.07 bits per heavy atom. The van der Waals surface area contributed by atoms with Gasteiger partial charge >= 0.3 is 0 Å². The lowest BCUT2D eigenvalue weighted by atomic mass is 10.1. The molecule has 0 bridgehead atoms. The van der Waals surface area contributed by atoms with Gasteiger partial charge in [-0.3, -0.25) is 4.79 Å². The van der Waals surface area contributed by atoms with Gasteiger partial charge in [-0.1, -0.05) is 13.5 Å². The van der Waals surface area contributed by atoms with Crippen LogP contribution in [0.1, 0.15) is 18.9 Å². The summed E-state index contributed by atoms with van der Waals surface area (Å²) in [5.74, 6) is 1.15. The summed E-state index contributed by atoms with van der Waals surface area (Å²) < 4.78 is 23.1. The lowest BCUT2D eigenvalue weighted by Crippen LogP contribution is -2.54. The number of carbonyl (C=O) groups excluding carboxylic acids is 1. The number of benzene rings is 1. The normalized spacial score (nSPS) is 15.3. The van der Waals surface area contributed by atoms with Gasteiger partial charge in [0.25, 0.3) is 0 Å². The molecule has 1 N–H and O–H groups in total. The molecule has 5 aromatic rings. The van der Waals surface area contributed by atoms with Crippen molar-refractivity contribution in [3.63, 3.8) is 0 Å². The SMILES string of the molecule is C=CC(=O)N1CCN(c2ncc3ncnc(Nc4ccc(Oc5ccn6ncnc6c5)c(C)c4F)c3n2)[C@H](CC)C1. The zero-order valence-corrected chi connectivity index (χ0v) is 22.5. The van der Waals surface area contributed by atoms with Gasteiger partial charge in [0, 0.05) is 43.5 Å². The summed E-state index contributed by atoms with van der Waals surface area (Å²) in [6.45, 7) is 8.95. The fourth-order valence-corrected chi connectivity index (χ4v) is 4.86. The quantitative estimate of drug-likeness (QED) is 0.294. The van der Waals surface area contributed by atoms with Crippen LogP contribution in [0.15, 0.2) is 62.0 Å². The maximum Gasteiger partial charge on any atom is 0.246 e. The van der Waals surface area contributed by atoms with Gasteiger partial charge in [-0.2, -0.15) is 5.10 Å². The van der Waals surface area contributed by atoms with E-state index in [1.165, 1.54) is 18.7 Å². The third-order valence-electron chi connectivity index (χ3n) is 7.13. The van der Waals surface area contributed by atoms with Crippen molar-refractivity contribution < 1.29 is 13.9 Å². The Labute approximate surface area is 234 Å². The van der Waals surface area contributed by atoms with Crippen LogP contribution in [0.2, 0.25) is 0 Å². The summed E-state index contributed by atoms with van der Waals surface area (Å²) in [5.41, 5.74) is 2.12. The maximum absolute atomic E-state index is 15.6. The number of hydrogen-bond donors (Lipinski definition) is 1. The first-order chi connectivity index (χ1) is 19.9. The topological polar surface area (TPSA) is 127 Å². The Bertz CT molecular complexity index is 1770. The summed E-state index contributed by atoms with van der Waals surface area (Å²) in [4.78, 5) is 38.1. The third kappa shape index (κ3) is 4.97. The molecule has 41 heavy (non-hydrogen) atoms. The van der Waals surface area contributed by atoms with Crippen molar-refractivity contribution in [1.29, 1.82) is 0 Å². The molecule has 0 aliphatic carbocycles. The molecule has 1 fully saturated rings. The highest BCUT2D eigenvalue weighted by atomic mass is 19.1. The number of nitrogens with zero attached hydrogens (tertiary/aromatic N) is 9. The van der Waals surface area contributed by atoms with E-state index in [1.54, 1.807) is 53.0 Å². The number of amides is 1. The number of hydrogen-bond acceptors (Lipinski definition) is 10. The molecule has 0 spiro atoms. The molecule has 1 amide bonds. The highest BCUT2D eigenvalue weighted by molar-refractivity contribution is 5.88. The van der Waals surface area contributed by atoms with Crippen LogP contribution in [0.4, 0.5) is 21.8 Å². The van der Waals surface area contributed by atoms with Crippen molar-refractivity contribution in [2.24, 2.45) is 0 Å². The van der Waals surface area contributed by atoms with Gasteiger partial charge in [0.1, 0.15) is 35.2 Å². The van der Waals surface area contributed by atoms with E-state index in [4.69, 9.17) is 9.72 Å². The number of rotatable bonds is 7. The van der Waals surface area contributed by atoms with Gasteiger partial charge in [-0.15, -0.1) is 0 Å². The predicted molar refractivity (Wildman–Crippen MR) is 151 cm³/mol. The number of carbonyl (C=O) groups is 1. The molecule has 13 heteroatoms. The zero-order chi connectivity index (χ0) is 28.5. The van der Waals surface area contributed by atoms with Gasteiger partial charge in [0.15, 0.2) is 17.3 Å². The number of ether oxygens (including phenoxy) is 1. The number of piperazine rings is 1. The minimum atomic E-state index is -0.485. The number of pyridine rings is 1. The van der Waals surface area contributed by atoms with Crippen molar-refractivity contribution in [1.82, 2.24) is 39.4 Å². The molecule has 5 heterocycles. The van der Waals surface area contributed by atoms with Gasteiger partial charge in [-0.25, -0.2) is 33.8 Å². The lowest BCUT2D eigenvalue weighted by Gasteiger charge is -2.40. The van der Waals surface area contributed by atoms with Gasteiger partial charge in [0.2, 0.25) is 11.9 Å². The first-order valence-corrected chi connectivity index (χ1v) is 13.1. The molecular formula is C28H27FN10O2. The van der Waals surface area contributed by atoms with Crippen LogP contribution in [-0.2, 0) is 4.79 Å². The number of fused-ring (bicyclic) bond motifs is 2. The van der Waals surface area contributed by atoms with E-state index in [-0.39, 0.29) is 17.6 Å². The Morgan fingerprint density at radius 3 is 2.90 bits per heavy atom. The van der Waals surface area contributed by atoms with Crippen molar-refractivity contribution in [2.45, 2.75) is 26.3 Å². The van der Waals surface area contributed by atoms with E-state index in [2.05, 4.69) is 48.8 Å². The average molecular weight is 555 g/mol. The largest absolute Gasteiger partial charge is 0.457 e. The lowest BCUT2D eigenvalue weighted by molar-refractivity contribution is -0.126. The smallest absolute Gasteiger partial charge is 0.246 e. The summed E-state index contributed by atoms with van der Waals surface area (Å²) in [7, 11) is 0. The van der Waals surface area contributed by atoms with Gasteiger partial charge in [0.05, 0.1) is 11.9 Å². The van der Waals surface area contributed by atoms with Crippen molar-refractivity contribution in [2.75, 3.05) is 29.9 Å². The summed E-state index contributed by atoms with van der Waals surface area (Å²) in [6, 6.07) is 6.77. The number of aromatic nitrogens is 7. The molecular weight excluding hydrogens is 527 g/mol. The summed E-state index contributed by atoms with van der Waals surface area (Å²) in [5, 5.41) is 7.14. The molecule has 1 aromatic carbocycles. The average Bonchev–Trinajstić information content (AvgIpc) is 3.48. The Balaban J connectivity index is 1.26. The molecule has 0 radical (unpaired) electrons. The molecule has 12 nitrogen and oxygen atoms in total. The molecule has 1 atom stereocenters. The van der Waals surface area contributed by atoms with Crippen LogP contribution in [0.3, 0.4) is 0 Å². The van der Waals surface area contributed by atoms with Crippen LogP contribution in [0.25, 0.3) is 16.7 Å². The van der Waals surface area contributed by atoms with E-state index in [1.807, 2.05) is 0 Å². The second kappa shape index (κ2) is 10.8. The number of anilines is 3. The maximum atomic E-state index is 15.6. The molecule has 6 rings (SSSR count). The minimum absolute atomic E-state index is 0.0317. The van der Waals surface area contributed by atoms with Crippen molar-refractivity contribution in [3.05, 3.63) is 73.3 Å². The third-order valence-corrected chi connectivity index (χ3v) is 7.13. The fraction of sp³-hybridized carbons (Fsp3) is 0.250. The van der Waals surface area contributed by atoms with Gasteiger partial charge < -0.3 is 19.9 Å². The van der Waals surface area contributed by atoms with Gasteiger partial charge in [-0.05, 0) is 37.6 Å². The minimum Gasteiger partial charge on any atom is -0.457 e. The fourth-order valence-electron chi connectivity index (χ4n) is 4.86. The first-order valence-electron chi connectivity index (χ1n) is 13.1. The van der Waals surface area contributed by atoms with E-state index < -0.39 is 5.82 Å². The molecule has 1 aliphatic rings. The molecule has 1 saturated heterocycles. The van der Waals surface area contributed by atoms with Crippen LogP contribution in [0, 0.1) is 12.7 Å². The first kappa shape index (κ1) is 26.0. The standard InChI is InChI=1S/C28H27FN10O2/c1-4-18-14-37(24(40)5-2)10-11-38(18)28-30-13-21-26(36-28)27(33-15-31-21)35-20-6-7-22(17(3)25(20)29)41-19-8-9-39-23(12-19)32-16-34-39/h5-9,12-13,15-16,18H,2,4,10-11,14H2,1,3H3,(H,31,33,35)/t18-/m1/s1. The van der Waals surface area contributed by atoms with E-state index in [0.29, 0.717) is 65.1 Å². The Morgan fingerprint density at radius 1 is 1.20 bits per heavy atom. The van der Waals surface area contributed by atoms with E-state index in [0.717, 1.165) is 6.42 Å². The highest BCUT2D eigenvalue weighted by Gasteiger charge is 2.29. The second-order valence-electron chi connectivity index (χ2n) is 9.57. The monoisotopic (exact) mass is 554 g/mol. The summed E-state index contributed by atoms with van der Waals surface area (Å²) >= 11 is 0. The molecule has 4 aromatic heterocycles. The van der Waals surface area contributed by atoms with Crippen LogP contribution in [-0.4, -0.2) is 71.0 Å². The number of halogens is 1. The van der Waals surface area contributed by atoms with Crippen molar-refractivity contribution >= 4 is 40.0 Å². The Hall–Kier alpha value is -5.20.